The maximum Gasteiger partial charge on any atom is 0.193 e. The molecule has 0 radical (unpaired) electrons. The number of rotatable bonds is 4. The van der Waals surface area contributed by atoms with Gasteiger partial charge in [0.25, 0.3) is 0 Å². The van der Waals surface area contributed by atoms with Crippen LogP contribution in [0.2, 0.25) is 5.22 Å². The summed E-state index contributed by atoms with van der Waals surface area (Å²) in [5.74, 6) is 0.839. The summed E-state index contributed by atoms with van der Waals surface area (Å²) in [5, 5.41) is 7.88. The number of nitrogens with zero attached hydrogens (tertiary/aromatic N) is 2. The van der Waals surface area contributed by atoms with Crippen molar-refractivity contribution in [3.05, 3.63) is 40.6 Å². The molecule has 0 spiro atoms. The van der Waals surface area contributed by atoms with E-state index in [4.69, 9.17) is 16.0 Å². The molecule has 0 fully saturated rings. The predicted octanol–water partition coefficient (Wildman–Crippen LogP) is 2.26. The van der Waals surface area contributed by atoms with Crippen molar-refractivity contribution in [2.75, 3.05) is 0 Å². The van der Waals surface area contributed by atoms with E-state index in [0.29, 0.717) is 11.8 Å². The van der Waals surface area contributed by atoms with Gasteiger partial charge in [-0.05, 0) is 30.7 Å². The normalized spacial score (nSPS) is 10.9. The van der Waals surface area contributed by atoms with Gasteiger partial charge in [0.1, 0.15) is 5.76 Å². The third kappa shape index (κ3) is 2.46. The topological polar surface area (TPSA) is 43.0 Å². The minimum absolute atomic E-state index is 0.425. The van der Waals surface area contributed by atoms with E-state index < -0.39 is 0 Å². The van der Waals surface area contributed by atoms with Crippen molar-refractivity contribution in [3.63, 3.8) is 0 Å². The summed E-state index contributed by atoms with van der Waals surface area (Å²) in [6, 6.07) is 3.61. The van der Waals surface area contributed by atoms with Gasteiger partial charge >= 0.3 is 0 Å². The smallest absolute Gasteiger partial charge is 0.193 e. The first-order chi connectivity index (χ1) is 7.66. The van der Waals surface area contributed by atoms with E-state index in [9.17, 15) is 0 Å². The largest absolute Gasteiger partial charge is 0.448 e. The summed E-state index contributed by atoms with van der Waals surface area (Å²) in [6.07, 6.45) is 1.87. The Kier molecular flexibility index (Phi) is 3.31. The molecule has 0 aliphatic rings. The Morgan fingerprint density at radius 1 is 1.44 bits per heavy atom. The Balaban J connectivity index is 1.86. The number of aromatic nitrogens is 2. The number of aryl methyl sites for hydroxylation is 1. The number of halogens is 1. The van der Waals surface area contributed by atoms with Crippen LogP contribution >= 0.6 is 11.6 Å². The Morgan fingerprint density at radius 3 is 2.81 bits per heavy atom. The maximum atomic E-state index is 5.68. The molecule has 5 heteroatoms. The second-order valence-electron chi connectivity index (χ2n) is 3.69. The molecule has 86 valence electrons. The van der Waals surface area contributed by atoms with Crippen LogP contribution in [0.25, 0.3) is 0 Å². The highest BCUT2D eigenvalue weighted by Gasteiger charge is 2.04. The van der Waals surface area contributed by atoms with E-state index in [1.54, 1.807) is 6.07 Å². The Bertz CT molecular complexity index is 475. The van der Waals surface area contributed by atoms with Gasteiger partial charge in [-0.3, -0.25) is 4.68 Å². The lowest BCUT2D eigenvalue weighted by Crippen LogP contribution is -2.12. The summed E-state index contributed by atoms with van der Waals surface area (Å²) in [7, 11) is 1.94. The lowest BCUT2D eigenvalue weighted by Gasteiger charge is -2.02. The van der Waals surface area contributed by atoms with Gasteiger partial charge in [0.2, 0.25) is 0 Å². The fourth-order valence-electron chi connectivity index (χ4n) is 1.48. The summed E-state index contributed by atoms with van der Waals surface area (Å²) < 4.78 is 7.10. The number of hydrogen-bond acceptors (Lipinski definition) is 3. The Labute approximate surface area is 99.2 Å². The second-order valence-corrected chi connectivity index (χ2v) is 4.06. The molecule has 0 saturated heterocycles. The molecule has 2 aromatic heterocycles. The monoisotopic (exact) mass is 239 g/mol. The Morgan fingerprint density at radius 2 is 2.25 bits per heavy atom. The fourth-order valence-corrected chi connectivity index (χ4v) is 1.65. The van der Waals surface area contributed by atoms with Crippen LogP contribution in [-0.2, 0) is 20.1 Å². The van der Waals surface area contributed by atoms with Gasteiger partial charge in [-0.15, -0.1) is 0 Å². The molecule has 2 heterocycles. The van der Waals surface area contributed by atoms with Crippen molar-refractivity contribution in [1.82, 2.24) is 15.1 Å². The van der Waals surface area contributed by atoms with Crippen LogP contribution in [0, 0.1) is 6.92 Å². The molecule has 0 aromatic carbocycles. The van der Waals surface area contributed by atoms with E-state index >= 15 is 0 Å². The lowest BCUT2D eigenvalue weighted by molar-refractivity contribution is 0.484. The van der Waals surface area contributed by atoms with Gasteiger partial charge < -0.3 is 9.73 Å². The zero-order chi connectivity index (χ0) is 11.5. The van der Waals surface area contributed by atoms with Crippen LogP contribution in [-0.4, -0.2) is 9.78 Å². The van der Waals surface area contributed by atoms with E-state index in [1.807, 2.05) is 30.9 Å². The highest BCUT2D eigenvalue weighted by atomic mass is 35.5. The van der Waals surface area contributed by atoms with Crippen molar-refractivity contribution in [3.8, 4) is 0 Å². The highest BCUT2D eigenvalue weighted by molar-refractivity contribution is 6.28. The van der Waals surface area contributed by atoms with Crippen LogP contribution < -0.4 is 5.32 Å². The number of hydrogen-bond donors (Lipinski definition) is 1. The number of furan rings is 1. The standard InChI is InChI=1S/C11H14ClN3O/c1-8-9(6-14-15(8)2)5-13-7-10-3-4-11(12)16-10/h3-4,6,13H,5,7H2,1-2H3. The van der Waals surface area contributed by atoms with Crippen LogP contribution in [0.5, 0.6) is 0 Å². The molecule has 1 N–H and O–H groups in total. The molecule has 0 bridgehead atoms. The van der Waals surface area contributed by atoms with Gasteiger partial charge in [-0.2, -0.15) is 5.10 Å². The van der Waals surface area contributed by atoms with Crippen molar-refractivity contribution in [2.45, 2.75) is 20.0 Å². The van der Waals surface area contributed by atoms with Crippen LogP contribution in [0.1, 0.15) is 17.0 Å². The van der Waals surface area contributed by atoms with Gasteiger partial charge in [-0.1, -0.05) is 0 Å². The minimum Gasteiger partial charge on any atom is -0.448 e. The van der Waals surface area contributed by atoms with Crippen molar-refractivity contribution in [2.24, 2.45) is 7.05 Å². The highest BCUT2D eigenvalue weighted by Crippen LogP contribution is 2.13. The zero-order valence-corrected chi connectivity index (χ0v) is 10.1. The molecule has 0 saturated carbocycles. The van der Waals surface area contributed by atoms with E-state index in [1.165, 1.54) is 11.3 Å². The second kappa shape index (κ2) is 4.72. The van der Waals surface area contributed by atoms with Crippen LogP contribution in [0.15, 0.2) is 22.7 Å². The summed E-state index contributed by atoms with van der Waals surface area (Å²) in [6.45, 7) is 3.49. The lowest BCUT2D eigenvalue weighted by atomic mass is 10.2. The molecule has 0 atom stereocenters. The molecule has 0 aliphatic heterocycles. The maximum absolute atomic E-state index is 5.68. The molecule has 16 heavy (non-hydrogen) atoms. The summed E-state index contributed by atoms with van der Waals surface area (Å²) in [5.41, 5.74) is 2.37. The Hall–Kier alpha value is -1.26. The average molecular weight is 240 g/mol. The third-order valence-corrected chi connectivity index (χ3v) is 2.78. The zero-order valence-electron chi connectivity index (χ0n) is 9.33. The van der Waals surface area contributed by atoms with E-state index in [-0.39, 0.29) is 0 Å². The van der Waals surface area contributed by atoms with E-state index in [0.717, 1.165) is 12.3 Å². The average Bonchev–Trinajstić information content (AvgIpc) is 2.79. The van der Waals surface area contributed by atoms with Crippen molar-refractivity contribution >= 4 is 11.6 Å². The first-order valence-corrected chi connectivity index (χ1v) is 5.47. The molecule has 2 aromatic rings. The molecule has 0 aliphatic carbocycles. The van der Waals surface area contributed by atoms with Crippen molar-refractivity contribution in [1.29, 1.82) is 0 Å². The van der Waals surface area contributed by atoms with Gasteiger partial charge in [0.15, 0.2) is 5.22 Å². The van der Waals surface area contributed by atoms with Gasteiger partial charge in [-0.25, -0.2) is 0 Å². The SMILES string of the molecule is Cc1c(CNCc2ccc(Cl)o2)cnn1C. The fraction of sp³-hybridized carbons (Fsp3) is 0.364. The van der Waals surface area contributed by atoms with Crippen LogP contribution in [0.3, 0.4) is 0 Å². The molecule has 0 unspecified atom stereocenters. The molecule has 2 rings (SSSR count). The first kappa shape index (κ1) is 11.2. The van der Waals surface area contributed by atoms with Crippen LogP contribution in [0.4, 0.5) is 0 Å². The molecular formula is C11H14ClN3O. The van der Waals surface area contributed by atoms with Gasteiger partial charge in [0, 0.05) is 24.8 Å². The predicted molar refractivity (Wildman–Crippen MR) is 62.2 cm³/mol. The molecular weight excluding hydrogens is 226 g/mol. The quantitative estimate of drug-likeness (QED) is 0.890. The number of nitrogens with one attached hydrogen (secondary N) is 1. The van der Waals surface area contributed by atoms with Gasteiger partial charge in [0.05, 0.1) is 12.7 Å². The summed E-state index contributed by atoms with van der Waals surface area (Å²) >= 11 is 5.68. The first-order valence-electron chi connectivity index (χ1n) is 5.09. The molecule has 4 nitrogen and oxygen atoms in total. The minimum atomic E-state index is 0.425. The van der Waals surface area contributed by atoms with E-state index in [2.05, 4.69) is 10.4 Å². The molecule has 0 amide bonds. The summed E-state index contributed by atoms with van der Waals surface area (Å²) in [4.78, 5) is 0. The third-order valence-electron chi connectivity index (χ3n) is 2.58. The van der Waals surface area contributed by atoms with Crippen molar-refractivity contribution < 1.29 is 4.42 Å².